The largest absolute Gasteiger partial charge is 0.472 e. The summed E-state index contributed by atoms with van der Waals surface area (Å²) in [5.74, 6) is 0. The summed E-state index contributed by atoms with van der Waals surface area (Å²) in [4.78, 5) is 5.26. The van der Waals surface area contributed by atoms with Gasteiger partial charge < -0.3 is 4.42 Å². The summed E-state index contributed by atoms with van der Waals surface area (Å²) in [5.41, 5.74) is 3.05. The zero-order chi connectivity index (χ0) is 7.52. The van der Waals surface area contributed by atoms with Gasteiger partial charge in [0.05, 0.1) is 18.0 Å². The lowest BCUT2D eigenvalue weighted by molar-refractivity contribution is 0.564. The minimum atomic E-state index is 0.932. The molecule has 0 radical (unpaired) electrons. The summed E-state index contributed by atoms with van der Waals surface area (Å²) in [6.07, 6.45) is 6.27. The summed E-state index contributed by atoms with van der Waals surface area (Å²) in [5, 5.41) is 0. The quantitative estimate of drug-likeness (QED) is 0.682. The van der Waals surface area contributed by atoms with Gasteiger partial charge in [-0.15, -0.1) is 11.3 Å². The second-order valence-corrected chi connectivity index (χ2v) is 3.25. The Balaban J connectivity index is 2.14. The maximum atomic E-state index is 4.95. The van der Waals surface area contributed by atoms with Crippen LogP contribution in [0.25, 0.3) is 0 Å². The van der Waals surface area contributed by atoms with E-state index < -0.39 is 0 Å². The Bertz CT molecular complexity index is 266. The molecule has 0 aliphatic rings. The van der Waals surface area contributed by atoms with E-state index in [9.17, 15) is 0 Å². The molecule has 0 saturated carbocycles. The third kappa shape index (κ3) is 1.49. The van der Waals surface area contributed by atoms with E-state index in [0.717, 1.165) is 6.42 Å². The Morgan fingerprint density at radius 1 is 1.55 bits per heavy atom. The van der Waals surface area contributed by atoms with Gasteiger partial charge in [0.15, 0.2) is 0 Å². The van der Waals surface area contributed by atoms with Gasteiger partial charge >= 0.3 is 0 Å². The summed E-state index contributed by atoms with van der Waals surface area (Å²) in [6, 6.07) is 1.97. The number of hydrogen-bond acceptors (Lipinski definition) is 3. The Hall–Kier alpha value is -1.09. The fourth-order valence-corrected chi connectivity index (χ4v) is 1.55. The van der Waals surface area contributed by atoms with Crippen LogP contribution >= 0.6 is 11.3 Å². The molecule has 3 heteroatoms. The monoisotopic (exact) mass is 165 g/mol. The SMILES string of the molecule is c1cc(Cc2cncs2)co1. The van der Waals surface area contributed by atoms with Crippen LogP contribution in [-0.2, 0) is 6.42 Å². The summed E-state index contributed by atoms with van der Waals surface area (Å²) >= 11 is 1.67. The average Bonchev–Trinajstić information content (AvgIpc) is 2.60. The highest BCUT2D eigenvalue weighted by atomic mass is 32.1. The van der Waals surface area contributed by atoms with E-state index in [1.165, 1.54) is 10.4 Å². The first-order chi connectivity index (χ1) is 5.45. The lowest BCUT2D eigenvalue weighted by Crippen LogP contribution is -1.78. The second kappa shape index (κ2) is 2.88. The highest BCUT2D eigenvalue weighted by Crippen LogP contribution is 2.12. The second-order valence-electron chi connectivity index (χ2n) is 2.28. The molecule has 0 atom stereocenters. The van der Waals surface area contributed by atoms with Crippen molar-refractivity contribution in [2.75, 3.05) is 0 Å². The number of aromatic nitrogens is 1. The molecule has 56 valence electrons. The van der Waals surface area contributed by atoms with Crippen molar-refractivity contribution in [1.82, 2.24) is 4.98 Å². The molecular formula is C8H7NOS. The van der Waals surface area contributed by atoms with Crippen LogP contribution in [0.1, 0.15) is 10.4 Å². The number of furan rings is 1. The normalized spacial score (nSPS) is 10.2. The van der Waals surface area contributed by atoms with Gasteiger partial charge in [-0.25, -0.2) is 0 Å². The third-order valence-electron chi connectivity index (χ3n) is 1.44. The van der Waals surface area contributed by atoms with Crippen molar-refractivity contribution in [3.63, 3.8) is 0 Å². The molecule has 2 aromatic rings. The van der Waals surface area contributed by atoms with Crippen molar-refractivity contribution in [1.29, 1.82) is 0 Å². The standard InChI is InChI=1S/C8H7NOS/c1-2-10-5-7(1)3-8-4-9-6-11-8/h1-2,4-6H,3H2. The van der Waals surface area contributed by atoms with E-state index in [-0.39, 0.29) is 0 Å². The molecular weight excluding hydrogens is 158 g/mol. The number of hydrogen-bond donors (Lipinski definition) is 0. The molecule has 11 heavy (non-hydrogen) atoms. The van der Waals surface area contributed by atoms with Crippen molar-refractivity contribution in [3.8, 4) is 0 Å². The lowest BCUT2D eigenvalue weighted by atomic mass is 10.2. The first kappa shape index (κ1) is 6.61. The Morgan fingerprint density at radius 3 is 3.18 bits per heavy atom. The van der Waals surface area contributed by atoms with Gasteiger partial charge in [-0.1, -0.05) is 0 Å². The van der Waals surface area contributed by atoms with Crippen LogP contribution in [0.5, 0.6) is 0 Å². The Kier molecular flexibility index (Phi) is 1.73. The molecule has 2 nitrogen and oxygen atoms in total. The van der Waals surface area contributed by atoms with Crippen molar-refractivity contribution >= 4 is 11.3 Å². The molecule has 2 heterocycles. The summed E-state index contributed by atoms with van der Waals surface area (Å²) in [7, 11) is 0. The molecule has 0 fully saturated rings. The van der Waals surface area contributed by atoms with Gasteiger partial charge in [-0.2, -0.15) is 0 Å². The highest BCUT2D eigenvalue weighted by Gasteiger charge is 1.97. The van der Waals surface area contributed by atoms with Crippen molar-refractivity contribution in [3.05, 3.63) is 40.7 Å². The van der Waals surface area contributed by atoms with E-state index in [0.29, 0.717) is 0 Å². The summed E-state index contributed by atoms with van der Waals surface area (Å²) < 4.78 is 4.95. The molecule has 0 aliphatic heterocycles. The first-order valence-corrected chi connectivity index (χ1v) is 4.21. The number of rotatable bonds is 2. The molecule has 0 saturated heterocycles. The molecule has 0 spiro atoms. The number of nitrogens with zero attached hydrogens (tertiary/aromatic N) is 1. The van der Waals surface area contributed by atoms with Crippen molar-refractivity contribution in [2.45, 2.75) is 6.42 Å². The number of thiazole rings is 1. The zero-order valence-corrected chi connectivity index (χ0v) is 6.67. The van der Waals surface area contributed by atoms with Crippen LogP contribution in [0, 0.1) is 0 Å². The van der Waals surface area contributed by atoms with Crippen LogP contribution in [-0.4, -0.2) is 4.98 Å². The fourth-order valence-electron chi connectivity index (χ4n) is 0.924. The molecule has 0 unspecified atom stereocenters. The molecule has 0 bridgehead atoms. The van der Waals surface area contributed by atoms with Crippen molar-refractivity contribution in [2.24, 2.45) is 0 Å². The Morgan fingerprint density at radius 2 is 2.55 bits per heavy atom. The van der Waals surface area contributed by atoms with Gasteiger partial charge in [-0.05, 0) is 11.6 Å². The fraction of sp³-hybridized carbons (Fsp3) is 0.125. The molecule has 2 rings (SSSR count). The average molecular weight is 165 g/mol. The molecule has 0 N–H and O–H groups in total. The van der Waals surface area contributed by atoms with Crippen LogP contribution < -0.4 is 0 Å². The molecule has 0 aliphatic carbocycles. The lowest BCUT2D eigenvalue weighted by Gasteiger charge is -1.88. The van der Waals surface area contributed by atoms with E-state index in [1.807, 2.05) is 17.8 Å². The van der Waals surface area contributed by atoms with E-state index in [1.54, 1.807) is 23.9 Å². The zero-order valence-electron chi connectivity index (χ0n) is 5.86. The maximum Gasteiger partial charge on any atom is 0.0938 e. The van der Waals surface area contributed by atoms with Crippen molar-refractivity contribution < 1.29 is 4.42 Å². The minimum Gasteiger partial charge on any atom is -0.472 e. The third-order valence-corrected chi connectivity index (χ3v) is 2.22. The van der Waals surface area contributed by atoms with Gasteiger partial charge in [0, 0.05) is 17.5 Å². The first-order valence-electron chi connectivity index (χ1n) is 3.33. The summed E-state index contributed by atoms with van der Waals surface area (Å²) in [6.45, 7) is 0. The van der Waals surface area contributed by atoms with Gasteiger partial charge in [-0.3, -0.25) is 4.98 Å². The predicted octanol–water partition coefficient (Wildman–Crippen LogP) is 2.33. The van der Waals surface area contributed by atoms with Crippen LogP contribution in [0.2, 0.25) is 0 Å². The van der Waals surface area contributed by atoms with Crippen LogP contribution in [0.4, 0.5) is 0 Å². The van der Waals surface area contributed by atoms with E-state index in [4.69, 9.17) is 4.42 Å². The molecule has 0 amide bonds. The molecule has 2 aromatic heterocycles. The maximum absolute atomic E-state index is 4.95. The highest BCUT2D eigenvalue weighted by molar-refractivity contribution is 7.09. The van der Waals surface area contributed by atoms with Gasteiger partial charge in [0.2, 0.25) is 0 Å². The van der Waals surface area contributed by atoms with E-state index >= 15 is 0 Å². The van der Waals surface area contributed by atoms with Gasteiger partial charge in [0.1, 0.15) is 0 Å². The Labute approximate surface area is 68.5 Å². The smallest absolute Gasteiger partial charge is 0.0938 e. The molecule has 0 aromatic carbocycles. The van der Waals surface area contributed by atoms with Gasteiger partial charge in [0.25, 0.3) is 0 Å². The predicted molar refractivity (Wildman–Crippen MR) is 43.6 cm³/mol. The topological polar surface area (TPSA) is 26.0 Å². The minimum absolute atomic E-state index is 0.932. The van der Waals surface area contributed by atoms with E-state index in [2.05, 4.69) is 4.98 Å². The van der Waals surface area contributed by atoms with Crippen LogP contribution in [0.15, 0.2) is 34.7 Å². The van der Waals surface area contributed by atoms with Crippen LogP contribution in [0.3, 0.4) is 0 Å².